The van der Waals surface area contributed by atoms with Crippen LogP contribution in [0.4, 0.5) is 15.8 Å². The number of morpholine rings is 1. The third-order valence-electron chi connectivity index (χ3n) is 3.10. The molecular formula is C13H18ClFN2O2. The molecule has 1 fully saturated rings. The molecule has 1 aromatic rings. The first kappa shape index (κ1) is 14.4. The first-order valence-electron chi connectivity index (χ1n) is 6.10. The van der Waals surface area contributed by atoms with E-state index in [9.17, 15) is 9.50 Å². The summed E-state index contributed by atoms with van der Waals surface area (Å²) >= 11 is 5.81. The number of anilines is 2. The fourth-order valence-corrected chi connectivity index (χ4v) is 2.56. The van der Waals surface area contributed by atoms with Crippen molar-refractivity contribution in [2.24, 2.45) is 0 Å². The topological polar surface area (TPSA) is 58.7 Å². The molecule has 1 aliphatic rings. The number of nitrogens with zero attached hydrogens (tertiary/aromatic N) is 1. The van der Waals surface area contributed by atoms with Crippen molar-refractivity contribution in [1.82, 2.24) is 0 Å². The number of hydrogen-bond acceptors (Lipinski definition) is 4. The lowest BCUT2D eigenvalue weighted by Crippen LogP contribution is -2.54. The molecule has 1 aromatic carbocycles. The van der Waals surface area contributed by atoms with Gasteiger partial charge in [0.1, 0.15) is 5.82 Å². The van der Waals surface area contributed by atoms with E-state index in [2.05, 4.69) is 0 Å². The lowest BCUT2D eigenvalue weighted by molar-refractivity contribution is -0.100. The van der Waals surface area contributed by atoms with Crippen LogP contribution >= 0.6 is 11.6 Å². The molecule has 3 N–H and O–H groups in total. The fraction of sp³-hybridized carbons (Fsp3) is 0.538. The van der Waals surface area contributed by atoms with Gasteiger partial charge in [-0.1, -0.05) is 11.6 Å². The zero-order valence-corrected chi connectivity index (χ0v) is 11.7. The lowest BCUT2D eigenvalue weighted by atomic mass is 10.0. The summed E-state index contributed by atoms with van der Waals surface area (Å²) in [5, 5.41) is 9.32. The molecule has 2 rings (SSSR count). The molecule has 106 valence electrons. The SMILES string of the molecule is CC1(C)CN(c2cc(Cl)c(F)cc2N)CC(CO)O1. The monoisotopic (exact) mass is 288 g/mol. The molecular weight excluding hydrogens is 271 g/mol. The zero-order valence-electron chi connectivity index (χ0n) is 11.0. The van der Waals surface area contributed by atoms with Crippen LogP contribution in [0.25, 0.3) is 0 Å². The number of halogens is 2. The molecule has 1 heterocycles. The molecule has 1 aliphatic heterocycles. The minimum Gasteiger partial charge on any atom is -0.397 e. The molecule has 0 bridgehead atoms. The molecule has 1 atom stereocenters. The van der Waals surface area contributed by atoms with E-state index in [-0.39, 0.29) is 17.7 Å². The average molecular weight is 289 g/mol. The Morgan fingerprint density at radius 2 is 2.26 bits per heavy atom. The van der Waals surface area contributed by atoms with Crippen molar-refractivity contribution in [3.05, 3.63) is 23.0 Å². The van der Waals surface area contributed by atoms with E-state index in [4.69, 9.17) is 22.1 Å². The highest BCUT2D eigenvalue weighted by Gasteiger charge is 2.34. The van der Waals surface area contributed by atoms with Crippen LogP contribution in [0.15, 0.2) is 12.1 Å². The minimum absolute atomic E-state index is 0.0362. The van der Waals surface area contributed by atoms with E-state index in [0.29, 0.717) is 24.5 Å². The normalized spacial score (nSPS) is 22.6. The van der Waals surface area contributed by atoms with Crippen molar-refractivity contribution >= 4 is 23.0 Å². The summed E-state index contributed by atoms with van der Waals surface area (Å²) in [6, 6.07) is 2.73. The molecule has 6 heteroatoms. The molecule has 4 nitrogen and oxygen atoms in total. The molecule has 0 aromatic heterocycles. The summed E-state index contributed by atoms with van der Waals surface area (Å²) < 4.78 is 19.1. The number of nitrogen functional groups attached to an aromatic ring is 1. The van der Waals surface area contributed by atoms with Gasteiger partial charge < -0.3 is 20.5 Å². The number of hydrogen-bond donors (Lipinski definition) is 2. The third-order valence-corrected chi connectivity index (χ3v) is 3.38. The second-order valence-electron chi connectivity index (χ2n) is 5.39. The maximum Gasteiger partial charge on any atom is 0.143 e. The Kier molecular flexibility index (Phi) is 3.90. The van der Waals surface area contributed by atoms with Gasteiger partial charge in [-0.05, 0) is 19.9 Å². The van der Waals surface area contributed by atoms with Crippen LogP contribution < -0.4 is 10.6 Å². The second kappa shape index (κ2) is 5.15. The Morgan fingerprint density at radius 1 is 1.58 bits per heavy atom. The van der Waals surface area contributed by atoms with E-state index in [0.717, 1.165) is 0 Å². The van der Waals surface area contributed by atoms with Gasteiger partial charge in [-0.2, -0.15) is 0 Å². The number of ether oxygens (including phenoxy) is 1. The first-order chi connectivity index (χ1) is 8.82. The van der Waals surface area contributed by atoms with Crippen molar-refractivity contribution < 1.29 is 14.2 Å². The van der Waals surface area contributed by atoms with Crippen molar-refractivity contribution in [2.45, 2.75) is 25.6 Å². The molecule has 19 heavy (non-hydrogen) atoms. The molecule has 0 spiro atoms. The Labute approximate surface area is 116 Å². The number of nitrogens with two attached hydrogens (primary N) is 1. The molecule has 0 aliphatic carbocycles. The number of aliphatic hydroxyl groups excluding tert-OH is 1. The van der Waals surface area contributed by atoms with Gasteiger partial charge in [-0.15, -0.1) is 0 Å². The second-order valence-corrected chi connectivity index (χ2v) is 5.79. The number of rotatable bonds is 2. The van der Waals surface area contributed by atoms with Gasteiger partial charge >= 0.3 is 0 Å². The van der Waals surface area contributed by atoms with Gasteiger partial charge in [0.2, 0.25) is 0 Å². The van der Waals surface area contributed by atoms with Gasteiger partial charge in [0.05, 0.1) is 34.7 Å². The zero-order chi connectivity index (χ0) is 14.2. The Balaban J connectivity index is 2.33. The van der Waals surface area contributed by atoms with E-state index < -0.39 is 11.4 Å². The van der Waals surface area contributed by atoms with Crippen LogP contribution in [0, 0.1) is 5.82 Å². The highest BCUT2D eigenvalue weighted by molar-refractivity contribution is 6.31. The molecule has 1 unspecified atom stereocenters. The molecule has 0 amide bonds. The van der Waals surface area contributed by atoms with E-state index in [1.165, 1.54) is 12.1 Å². The summed E-state index contributed by atoms with van der Waals surface area (Å²) in [7, 11) is 0. The standard InChI is InChI=1S/C13H18ClFN2O2/c1-13(2)7-17(5-8(6-18)19-13)12-3-9(14)10(15)4-11(12)16/h3-4,8,18H,5-7,16H2,1-2H3. The third kappa shape index (κ3) is 3.11. The summed E-state index contributed by atoms with van der Waals surface area (Å²) in [6.45, 7) is 4.88. The van der Waals surface area contributed by atoms with Crippen LogP contribution in [0.2, 0.25) is 5.02 Å². The predicted octanol–water partition coefficient (Wildman–Crippen LogP) is 2.04. The van der Waals surface area contributed by atoms with Crippen molar-refractivity contribution in [3.8, 4) is 0 Å². The maximum atomic E-state index is 13.3. The summed E-state index contributed by atoms with van der Waals surface area (Å²) in [4.78, 5) is 1.96. The largest absolute Gasteiger partial charge is 0.397 e. The van der Waals surface area contributed by atoms with Gasteiger partial charge in [-0.3, -0.25) is 0 Å². The first-order valence-corrected chi connectivity index (χ1v) is 6.48. The van der Waals surface area contributed by atoms with Crippen LogP contribution in [0.5, 0.6) is 0 Å². The molecule has 0 saturated carbocycles. The van der Waals surface area contributed by atoms with Crippen LogP contribution in [0.1, 0.15) is 13.8 Å². The Hall–Kier alpha value is -1.04. The average Bonchev–Trinajstić information content (AvgIpc) is 2.31. The highest BCUT2D eigenvalue weighted by atomic mass is 35.5. The minimum atomic E-state index is -0.533. The maximum absolute atomic E-state index is 13.3. The van der Waals surface area contributed by atoms with E-state index in [1.54, 1.807) is 0 Å². The number of aliphatic hydroxyl groups is 1. The van der Waals surface area contributed by atoms with Crippen molar-refractivity contribution in [1.29, 1.82) is 0 Å². The van der Waals surface area contributed by atoms with E-state index in [1.807, 2.05) is 18.7 Å². The van der Waals surface area contributed by atoms with Crippen LogP contribution in [-0.4, -0.2) is 36.5 Å². The van der Waals surface area contributed by atoms with Gasteiger partial charge in [0.15, 0.2) is 0 Å². The molecule has 0 radical (unpaired) electrons. The van der Waals surface area contributed by atoms with Gasteiger partial charge in [0, 0.05) is 19.2 Å². The van der Waals surface area contributed by atoms with Gasteiger partial charge in [0.25, 0.3) is 0 Å². The van der Waals surface area contributed by atoms with Crippen molar-refractivity contribution in [3.63, 3.8) is 0 Å². The Bertz CT molecular complexity index is 482. The summed E-state index contributed by atoms with van der Waals surface area (Å²) in [6.07, 6.45) is -0.299. The molecule has 1 saturated heterocycles. The smallest absolute Gasteiger partial charge is 0.143 e. The van der Waals surface area contributed by atoms with Crippen LogP contribution in [-0.2, 0) is 4.74 Å². The lowest BCUT2D eigenvalue weighted by Gasteiger charge is -2.43. The highest BCUT2D eigenvalue weighted by Crippen LogP contribution is 2.33. The van der Waals surface area contributed by atoms with Crippen molar-refractivity contribution in [2.75, 3.05) is 30.3 Å². The van der Waals surface area contributed by atoms with E-state index >= 15 is 0 Å². The predicted molar refractivity (Wildman–Crippen MR) is 74.1 cm³/mol. The summed E-state index contributed by atoms with van der Waals surface area (Å²) in [5.74, 6) is -0.533. The van der Waals surface area contributed by atoms with Crippen LogP contribution in [0.3, 0.4) is 0 Å². The quantitative estimate of drug-likeness (QED) is 0.818. The Morgan fingerprint density at radius 3 is 2.89 bits per heavy atom. The number of benzene rings is 1. The summed E-state index contributed by atoms with van der Waals surface area (Å²) in [5.41, 5.74) is 6.43. The fourth-order valence-electron chi connectivity index (χ4n) is 2.40. The van der Waals surface area contributed by atoms with Gasteiger partial charge in [-0.25, -0.2) is 4.39 Å².